The fourth-order valence-corrected chi connectivity index (χ4v) is 2.06. The maximum absolute atomic E-state index is 13.9. The van der Waals surface area contributed by atoms with Crippen molar-refractivity contribution >= 4 is 0 Å². The Morgan fingerprint density at radius 1 is 1.22 bits per heavy atom. The molecular formula is C15H24FNO. The Labute approximate surface area is 109 Å². The molecule has 0 heterocycles. The van der Waals surface area contributed by atoms with E-state index in [0.29, 0.717) is 18.2 Å². The highest BCUT2D eigenvalue weighted by Crippen LogP contribution is 2.27. The van der Waals surface area contributed by atoms with E-state index in [2.05, 4.69) is 13.8 Å². The van der Waals surface area contributed by atoms with Crippen LogP contribution in [0.4, 0.5) is 4.39 Å². The molecule has 2 nitrogen and oxygen atoms in total. The van der Waals surface area contributed by atoms with Gasteiger partial charge in [-0.15, -0.1) is 0 Å². The van der Waals surface area contributed by atoms with E-state index in [1.165, 1.54) is 0 Å². The second-order valence-electron chi connectivity index (χ2n) is 5.42. The van der Waals surface area contributed by atoms with Crippen LogP contribution in [0, 0.1) is 11.7 Å². The van der Waals surface area contributed by atoms with E-state index in [-0.39, 0.29) is 17.8 Å². The van der Waals surface area contributed by atoms with Crippen molar-refractivity contribution in [2.75, 3.05) is 6.54 Å². The lowest BCUT2D eigenvalue weighted by Crippen LogP contribution is -2.15. The van der Waals surface area contributed by atoms with Gasteiger partial charge < -0.3 is 10.5 Å². The molecular weight excluding hydrogens is 229 g/mol. The summed E-state index contributed by atoms with van der Waals surface area (Å²) in [5.74, 6) is 0.776. The highest BCUT2D eigenvalue weighted by atomic mass is 19.1. The average Bonchev–Trinajstić information content (AvgIpc) is 2.28. The van der Waals surface area contributed by atoms with Crippen LogP contribution in [-0.4, -0.2) is 12.6 Å². The molecule has 1 aromatic carbocycles. The number of hydrogen-bond acceptors (Lipinski definition) is 2. The molecule has 1 atom stereocenters. The molecule has 0 aliphatic carbocycles. The summed E-state index contributed by atoms with van der Waals surface area (Å²) in [6, 6.07) is 5.17. The first kappa shape index (κ1) is 15.0. The highest BCUT2D eigenvalue weighted by Gasteiger charge is 2.14. The summed E-state index contributed by atoms with van der Waals surface area (Å²) in [5, 5.41) is 0. The molecule has 2 N–H and O–H groups in total. The summed E-state index contributed by atoms with van der Waals surface area (Å²) in [6.07, 6.45) is 0.951. The number of halogens is 1. The second kappa shape index (κ2) is 6.74. The fourth-order valence-electron chi connectivity index (χ4n) is 2.06. The minimum absolute atomic E-state index is 0.0219. The Balaban J connectivity index is 2.87. The van der Waals surface area contributed by atoms with E-state index in [1.807, 2.05) is 19.9 Å². The van der Waals surface area contributed by atoms with Crippen LogP contribution >= 0.6 is 0 Å². The SMILES string of the molecule is CC(C)CC(CN)c1ccc(OC(C)C)c(F)c1. The van der Waals surface area contributed by atoms with E-state index >= 15 is 0 Å². The van der Waals surface area contributed by atoms with Gasteiger partial charge in [-0.1, -0.05) is 19.9 Å². The van der Waals surface area contributed by atoms with Crippen LogP contribution in [0.5, 0.6) is 5.75 Å². The zero-order valence-electron chi connectivity index (χ0n) is 11.7. The second-order valence-corrected chi connectivity index (χ2v) is 5.42. The maximum Gasteiger partial charge on any atom is 0.165 e. The number of benzene rings is 1. The number of hydrogen-bond donors (Lipinski definition) is 1. The third-order valence-corrected chi connectivity index (χ3v) is 2.83. The van der Waals surface area contributed by atoms with Crippen molar-refractivity contribution in [1.82, 2.24) is 0 Å². The number of ether oxygens (including phenoxy) is 1. The molecule has 0 spiro atoms. The maximum atomic E-state index is 13.9. The molecule has 0 saturated carbocycles. The Kier molecular flexibility index (Phi) is 5.60. The normalized spacial score (nSPS) is 13.1. The lowest BCUT2D eigenvalue weighted by atomic mass is 9.90. The highest BCUT2D eigenvalue weighted by molar-refractivity contribution is 5.31. The van der Waals surface area contributed by atoms with Gasteiger partial charge in [-0.05, 0) is 56.3 Å². The molecule has 0 aliphatic rings. The van der Waals surface area contributed by atoms with Crippen LogP contribution in [0.3, 0.4) is 0 Å². The van der Waals surface area contributed by atoms with Gasteiger partial charge in [-0.3, -0.25) is 0 Å². The van der Waals surface area contributed by atoms with Gasteiger partial charge in [-0.25, -0.2) is 4.39 Å². The molecule has 0 aliphatic heterocycles. The van der Waals surface area contributed by atoms with Gasteiger partial charge in [0.05, 0.1) is 6.10 Å². The Morgan fingerprint density at radius 2 is 1.89 bits per heavy atom. The number of rotatable bonds is 6. The van der Waals surface area contributed by atoms with Gasteiger partial charge in [0, 0.05) is 0 Å². The fraction of sp³-hybridized carbons (Fsp3) is 0.600. The summed E-state index contributed by atoms with van der Waals surface area (Å²) in [5.41, 5.74) is 6.73. The van der Waals surface area contributed by atoms with Gasteiger partial charge in [0.15, 0.2) is 11.6 Å². The molecule has 18 heavy (non-hydrogen) atoms. The molecule has 0 bridgehead atoms. The van der Waals surface area contributed by atoms with Crippen LogP contribution in [0.25, 0.3) is 0 Å². The quantitative estimate of drug-likeness (QED) is 0.839. The van der Waals surface area contributed by atoms with Crippen molar-refractivity contribution in [3.63, 3.8) is 0 Å². The largest absolute Gasteiger partial charge is 0.488 e. The third kappa shape index (κ3) is 4.30. The first-order chi connectivity index (χ1) is 8.43. The molecule has 0 aromatic heterocycles. The molecule has 0 radical (unpaired) electrons. The van der Waals surface area contributed by atoms with Crippen molar-refractivity contribution < 1.29 is 9.13 Å². The topological polar surface area (TPSA) is 35.2 Å². The predicted molar refractivity (Wildman–Crippen MR) is 73.4 cm³/mol. The zero-order valence-corrected chi connectivity index (χ0v) is 11.7. The molecule has 3 heteroatoms. The standard InChI is InChI=1S/C15H24FNO/c1-10(2)7-13(9-17)12-5-6-15(14(16)8-12)18-11(3)4/h5-6,8,10-11,13H,7,9,17H2,1-4H3. The summed E-state index contributed by atoms with van der Waals surface area (Å²) in [6.45, 7) is 8.61. The Morgan fingerprint density at radius 3 is 2.33 bits per heavy atom. The molecule has 0 amide bonds. The minimum Gasteiger partial charge on any atom is -0.488 e. The summed E-state index contributed by atoms with van der Waals surface area (Å²) in [4.78, 5) is 0. The summed E-state index contributed by atoms with van der Waals surface area (Å²) in [7, 11) is 0. The van der Waals surface area contributed by atoms with Crippen molar-refractivity contribution in [1.29, 1.82) is 0 Å². The minimum atomic E-state index is -0.302. The van der Waals surface area contributed by atoms with Crippen LogP contribution < -0.4 is 10.5 Å². The first-order valence-corrected chi connectivity index (χ1v) is 6.60. The van der Waals surface area contributed by atoms with Crippen LogP contribution in [-0.2, 0) is 0 Å². The average molecular weight is 253 g/mol. The summed E-state index contributed by atoms with van der Waals surface area (Å²) < 4.78 is 19.3. The first-order valence-electron chi connectivity index (χ1n) is 6.60. The molecule has 0 fully saturated rings. The van der Waals surface area contributed by atoms with Crippen LogP contribution in [0.2, 0.25) is 0 Å². The van der Waals surface area contributed by atoms with E-state index in [0.717, 1.165) is 12.0 Å². The van der Waals surface area contributed by atoms with Gasteiger partial charge in [0.25, 0.3) is 0 Å². The van der Waals surface area contributed by atoms with Gasteiger partial charge in [0.2, 0.25) is 0 Å². The summed E-state index contributed by atoms with van der Waals surface area (Å²) >= 11 is 0. The smallest absolute Gasteiger partial charge is 0.165 e. The van der Waals surface area contributed by atoms with Crippen molar-refractivity contribution in [3.8, 4) is 5.75 Å². The Hall–Kier alpha value is -1.09. The monoisotopic (exact) mass is 253 g/mol. The number of nitrogens with two attached hydrogens (primary N) is 1. The van der Waals surface area contributed by atoms with Gasteiger partial charge in [0.1, 0.15) is 0 Å². The molecule has 1 rings (SSSR count). The Bertz CT molecular complexity index is 377. The lowest BCUT2D eigenvalue weighted by molar-refractivity contribution is 0.231. The van der Waals surface area contributed by atoms with Crippen molar-refractivity contribution in [2.45, 2.75) is 46.1 Å². The van der Waals surface area contributed by atoms with E-state index in [4.69, 9.17) is 10.5 Å². The van der Waals surface area contributed by atoms with E-state index in [1.54, 1.807) is 12.1 Å². The molecule has 1 aromatic rings. The van der Waals surface area contributed by atoms with Crippen molar-refractivity contribution in [2.24, 2.45) is 11.7 Å². The van der Waals surface area contributed by atoms with Gasteiger partial charge >= 0.3 is 0 Å². The molecule has 0 saturated heterocycles. The van der Waals surface area contributed by atoms with Crippen LogP contribution in [0.1, 0.15) is 45.6 Å². The lowest BCUT2D eigenvalue weighted by Gasteiger charge is -2.18. The van der Waals surface area contributed by atoms with E-state index < -0.39 is 0 Å². The van der Waals surface area contributed by atoms with Crippen molar-refractivity contribution in [3.05, 3.63) is 29.6 Å². The van der Waals surface area contributed by atoms with E-state index in [9.17, 15) is 4.39 Å². The molecule has 1 unspecified atom stereocenters. The van der Waals surface area contributed by atoms with Gasteiger partial charge in [-0.2, -0.15) is 0 Å². The van der Waals surface area contributed by atoms with Crippen LogP contribution in [0.15, 0.2) is 18.2 Å². The third-order valence-electron chi connectivity index (χ3n) is 2.83. The molecule has 102 valence electrons. The zero-order chi connectivity index (χ0) is 13.7. The predicted octanol–water partition coefficient (Wildman–Crippen LogP) is 3.70.